The van der Waals surface area contributed by atoms with E-state index in [-0.39, 0.29) is 11.8 Å². The highest BCUT2D eigenvalue weighted by molar-refractivity contribution is 7.09. The second-order valence-electron chi connectivity index (χ2n) is 6.04. The van der Waals surface area contributed by atoms with Gasteiger partial charge in [0.25, 0.3) is 0 Å². The first-order valence-electron chi connectivity index (χ1n) is 8.31. The largest absolute Gasteiger partial charge is 0.371 e. The molecule has 2 heterocycles. The predicted molar refractivity (Wildman–Crippen MR) is 97.1 cm³/mol. The van der Waals surface area contributed by atoms with Crippen LogP contribution >= 0.6 is 11.3 Å². The van der Waals surface area contributed by atoms with Crippen LogP contribution in [0.3, 0.4) is 0 Å². The van der Waals surface area contributed by atoms with Crippen LogP contribution in [0.2, 0.25) is 0 Å². The quantitative estimate of drug-likeness (QED) is 0.910. The summed E-state index contributed by atoms with van der Waals surface area (Å²) in [6, 6.07) is 13.9. The SMILES string of the molecule is N#Cc1ccc(N2CCC(C(=O)NCCc3cccs3)CC2)cc1. The molecule has 0 spiro atoms. The third-order valence-corrected chi connectivity index (χ3v) is 5.41. The Balaban J connectivity index is 1.44. The molecule has 0 aliphatic carbocycles. The summed E-state index contributed by atoms with van der Waals surface area (Å²) in [6.07, 6.45) is 2.67. The van der Waals surface area contributed by atoms with Crippen LogP contribution in [0, 0.1) is 17.2 Å². The molecule has 4 nitrogen and oxygen atoms in total. The lowest BCUT2D eigenvalue weighted by molar-refractivity contribution is -0.125. The zero-order valence-corrected chi connectivity index (χ0v) is 14.4. The van der Waals surface area contributed by atoms with Crippen molar-refractivity contribution in [1.29, 1.82) is 5.26 Å². The molecule has 124 valence electrons. The molecule has 1 saturated heterocycles. The lowest BCUT2D eigenvalue weighted by Gasteiger charge is -2.33. The smallest absolute Gasteiger partial charge is 0.223 e. The van der Waals surface area contributed by atoms with Crippen LogP contribution in [-0.2, 0) is 11.2 Å². The highest BCUT2D eigenvalue weighted by Gasteiger charge is 2.24. The first-order valence-corrected chi connectivity index (χ1v) is 9.19. The van der Waals surface area contributed by atoms with Gasteiger partial charge in [-0.2, -0.15) is 5.26 Å². The molecule has 0 atom stereocenters. The molecule has 24 heavy (non-hydrogen) atoms. The number of carbonyl (C=O) groups is 1. The summed E-state index contributed by atoms with van der Waals surface area (Å²) in [7, 11) is 0. The lowest BCUT2D eigenvalue weighted by Crippen LogP contribution is -2.41. The van der Waals surface area contributed by atoms with Gasteiger partial charge in [0.1, 0.15) is 0 Å². The number of amides is 1. The number of rotatable bonds is 5. The minimum Gasteiger partial charge on any atom is -0.371 e. The predicted octanol–water partition coefficient (Wildman–Crippen LogP) is 3.20. The number of nitriles is 1. The molecule has 1 aliphatic heterocycles. The van der Waals surface area contributed by atoms with Gasteiger partial charge in [-0.05, 0) is 55.0 Å². The summed E-state index contributed by atoms with van der Waals surface area (Å²) in [4.78, 5) is 15.9. The number of nitrogens with one attached hydrogen (secondary N) is 1. The first-order chi connectivity index (χ1) is 11.8. The first kappa shape index (κ1) is 16.5. The Hall–Kier alpha value is -2.32. The van der Waals surface area contributed by atoms with Crippen LogP contribution in [0.15, 0.2) is 41.8 Å². The topological polar surface area (TPSA) is 56.1 Å². The molecule has 1 N–H and O–H groups in total. The van der Waals surface area contributed by atoms with E-state index in [0.29, 0.717) is 5.56 Å². The van der Waals surface area contributed by atoms with Crippen LogP contribution in [0.1, 0.15) is 23.3 Å². The summed E-state index contributed by atoms with van der Waals surface area (Å²) in [6.45, 7) is 2.49. The van der Waals surface area contributed by atoms with Crippen LogP contribution in [0.4, 0.5) is 5.69 Å². The van der Waals surface area contributed by atoms with Crippen molar-refractivity contribution in [2.45, 2.75) is 19.3 Å². The van der Waals surface area contributed by atoms with Crippen molar-refractivity contribution in [3.8, 4) is 6.07 Å². The van der Waals surface area contributed by atoms with Crippen LogP contribution in [0.25, 0.3) is 0 Å². The van der Waals surface area contributed by atoms with E-state index in [2.05, 4.69) is 27.7 Å². The Labute approximate surface area is 146 Å². The minimum absolute atomic E-state index is 0.114. The van der Waals surface area contributed by atoms with Crippen LogP contribution in [0.5, 0.6) is 0 Å². The zero-order chi connectivity index (χ0) is 16.8. The molecule has 0 saturated carbocycles. The summed E-state index contributed by atoms with van der Waals surface area (Å²) >= 11 is 1.73. The van der Waals surface area contributed by atoms with Crippen LogP contribution < -0.4 is 10.2 Å². The number of hydrogen-bond acceptors (Lipinski definition) is 4. The fourth-order valence-corrected chi connectivity index (χ4v) is 3.76. The second kappa shape index (κ2) is 7.98. The van der Waals surface area contributed by atoms with Crippen molar-refractivity contribution in [2.24, 2.45) is 5.92 Å². The molecule has 2 aromatic rings. The van der Waals surface area contributed by atoms with Gasteiger partial charge >= 0.3 is 0 Å². The van der Waals surface area contributed by atoms with Gasteiger partial charge < -0.3 is 10.2 Å². The van der Waals surface area contributed by atoms with Crippen molar-refractivity contribution >= 4 is 22.9 Å². The summed E-state index contributed by atoms with van der Waals surface area (Å²) in [5.41, 5.74) is 1.81. The Bertz CT molecular complexity index is 695. The lowest BCUT2D eigenvalue weighted by atomic mass is 9.95. The molecule has 5 heteroatoms. The molecule has 1 aromatic heterocycles. The van der Waals surface area contributed by atoms with E-state index in [1.807, 2.05) is 30.3 Å². The number of anilines is 1. The van der Waals surface area contributed by atoms with Crippen molar-refractivity contribution in [2.75, 3.05) is 24.5 Å². The fraction of sp³-hybridized carbons (Fsp3) is 0.368. The van der Waals surface area contributed by atoms with Gasteiger partial charge in [0, 0.05) is 36.1 Å². The number of carbonyl (C=O) groups excluding carboxylic acids is 1. The van der Waals surface area contributed by atoms with E-state index in [1.54, 1.807) is 11.3 Å². The zero-order valence-electron chi connectivity index (χ0n) is 13.6. The average Bonchev–Trinajstić information content (AvgIpc) is 3.15. The van der Waals surface area contributed by atoms with Crippen molar-refractivity contribution < 1.29 is 4.79 Å². The molecule has 1 fully saturated rings. The minimum atomic E-state index is 0.114. The van der Waals surface area contributed by atoms with E-state index >= 15 is 0 Å². The second-order valence-corrected chi connectivity index (χ2v) is 7.07. The molecule has 0 radical (unpaired) electrons. The number of hydrogen-bond donors (Lipinski definition) is 1. The van der Waals surface area contributed by atoms with Gasteiger partial charge in [-0.15, -0.1) is 11.3 Å². The Morgan fingerprint density at radius 3 is 2.62 bits per heavy atom. The number of benzene rings is 1. The molecule has 0 unspecified atom stereocenters. The molecule has 3 rings (SSSR count). The van der Waals surface area contributed by atoms with Crippen molar-refractivity contribution in [3.63, 3.8) is 0 Å². The maximum Gasteiger partial charge on any atom is 0.223 e. The molecule has 1 aromatic carbocycles. The van der Waals surface area contributed by atoms with Crippen molar-refractivity contribution in [1.82, 2.24) is 5.32 Å². The summed E-state index contributed by atoms with van der Waals surface area (Å²) < 4.78 is 0. The fourth-order valence-electron chi connectivity index (χ4n) is 3.05. The highest BCUT2D eigenvalue weighted by Crippen LogP contribution is 2.23. The van der Waals surface area contributed by atoms with Gasteiger partial charge in [-0.25, -0.2) is 0 Å². The van der Waals surface area contributed by atoms with Gasteiger partial charge in [-0.1, -0.05) is 6.07 Å². The third kappa shape index (κ3) is 4.15. The van der Waals surface area contributed by atoms with E-state index in [1.165, 1.54) is 4.88 Å². The normalized spacial score (nSPS) is 15.0. The number of thiophene rings is 1. The molecule has 1 amide bonds. The van der Waals surface area contributed by atoms with Gasteiger partial charge in [0.15, 0.2) is 0 Å². The van der Waals surface area contributed by atoms with E-state index in [4.69, 9.17) is 5.26 Å². The Morgan fingerprint density at radius 1 is 1.25 bits per heavy atom. The van der Waals surface area contributed by atoms with Gasteiger partial charge in [-0.3, -0.25) is 4.79 Å². The monoisotopic (exact) mass is 339 g/mol. The van der Waals surface area contributed by atoms with E-state index in [0.717, 1.165) is 44.6 Å². The Kier molecular flexibility index (Phi) is 5.50. The van der Waals surface area contributed by atoms with E-state index in [9.17, 15) is 4.79 Å². The molecule has 1 aliphatic rings. The van der Waals surface area contributed by atoms with Crippen LogP contribution in [-0.4, -0.2) is 25.5 Å². The molecular formula is C19H21N3OS. The molecule has 0 bridgehead atoms. The van der Waals surface area contributed by atoms with Crippen molar-refractivity contribution in [3.05, 3.63) is 52.2 Å². The summed E-state index contributed by atoms with van der Waals surface area (Å²) in [5, 5.41) is 14.0. The molecular weight excluding hydrogens is 318 g/mol. The maximum absolute atomic E-state index is 12.3. The Morgan fingerprint density at radius 2 is 2.00 bits per heavy atom. The standard InChI is InChI=1S/C19H21N3OS/c20-14-15-3-5-17(6-4-15)22-11-8-16(9-12-22)19(23)21-10-7-18-2-1-13-24-18/h1-6,13,16H,7-12H2,(H,21,23). The number of piperidine rings is 1. The van der Waals surface area contributed by atoms with E-state index < -0.39 is 0 Å². The maximum atomic E-state index is 12.3. The highest BCUT2D eigenvalue weighted by atomic mass is 32.1. The third-order valence-electron chi connectivity index (χ3n) is 4.48. The summed E-state index contributed by atoms with van der Waals surface area (Å²) in [5.74, 6) is 0.300. The average molecular weight is 339 g/mol. The number of nitrogens with zero attached hydrogens (tertiary/aromatic N) is 2. The van der Waals surface area contributed by atoms with Gasteiger partial charge in [0.05, 0.1) is 11.6 Å². The van der Waals surface area contributed by atoms with Gasteiger partial charge in [0.2, 0.25) is 5.91 Å².